The minimum absolute atomic E-state index is 0.248. The molecule has 0 radical (unpaired) electrons. The predicted octanol–water partition coefficient (Wildman–Crippen LogP) is 0.893. The average molecular weight is 304 g/mol. The van der Waals surface area contributed by atoms with Crippen molar-refractivity contribution in [2.45, 2.75) is 51.2 Å². The number of aliphatic hydroxyl groups excluding tert-OH is 1. The highest BCUT2D eigenvalue weighted by Crippen LogP contribution is 2.25. The topological polar surface area (TPSA) is 60.9 Å². The molecule has 6 heteroatoms. The van der Waals surface area contributed by atoms with Gasteiger partial charge in [-0.1, -0.05) is 6.42 Å². The highest BCUT2D eigenvalue weighted by Gasteiger charge is 2.31. The van der Waals surface area contributed by atoms with E-state index < -0.39 is 10.0 Å². The molecule has 0 amide bonds. The van der Waals surface area contributed by atoms with E-state index in [1.165, 1.54) is 19.1 Å². The lowest BCUT2D eigenvalue weighted by molar-refractivity contribution is 0.0221. The third kappa shape index (κ3) is 4.16. The molecule has 5 nitrogen and oxygen atoms in total. The number of piperidine rings is 2. The highest BCUT2D eigenvalue weighted by atomic mass is 32.2. The second-order valence-electron chi connectivity index (χ2n) is 6.43. The Bertz CT molecular complexity index is 411. The van der Waals surface area contributed by atoms with Gasteiger partial charge in [-0.3, -0.25) is 4.90 Å². The third-order valence-corrected chi connectivity index (χ3v) is 5.93. The van der Waals surface area contributed by atoms with Gasteiger partial charge in [0.15, 0.2) is 0 Å². The van der Waals surface area contributed by atoms with Crippen LogP contribution in [0, 0.1) is 5.92 Å². The maximum Gasteiger partial charge on any atom is 0.211 e. The van der Waals surface area contributed by atoms with Crippen LogP contribution in [0.25, 0.3) is 0 Å². The first-order chi connectivity index (χ1) is 9.38. The van der Waals surface area contributed by atoms with Gasteiger partial charge >= 0.3 is 0 Å². The zero-order valence-corrected chi connectivity index (χ0v) is 13.5. The van der Waals surface area contributed by atoms with Crippen molar-refractivity contribution in [1.29, 1.82) is 0 Å². The molecular weight excluding hydrogens is 276 g/mol. The second-order valence-corrected chi connectivity index (χ2v) is 8.41. The minimum Gasteiger partial charge on any atom is -0.392 e. The van der Waals surface area contributed by atoms with Crippen molar-refractivity contribution >= 4 is 10.0 Å². The summed E-state index contributed by atoms with van der Waals surface area (Å²) in [4.78, 5) is 2.38. The maximum absolute atomic E-state index is 11.7. The lowest BCUT2D eigenvalue weighted by Gasteiger charge is -2.41. The van der Waals surface area contributed by atoms with Crippen LogP contribution >= 0.6 is 0 Å². The molecule has 0 aromatic carbocycles. The monoisotopic (exact) mass is 304 g/mol. The van der Waals surface area contributed by atoms with Gasteiger partial charge in [-0.2, -0.15) is 0 Å². The summed E-state index contributed by atoms with van der Waals surface area (Å²) in [6.45, 7) is 5.12. The Kier molecular flexibility index (Phi) is 5.45. The van der Waals surface area contributed by atoms with Gasteiger partial charge in [0.25, 0.3) is 0 Å². The van der Waals surface area contributed by atoms with Crippen LogP contribution in [-0.2, 0) is 10.0 Å². The van der Waals surface area contributed by atoms with Gasteiger partial charge in [0.2, 0.25) is 10.0 Å². The van der Waals surface area contributed by atoms with E-state index in [2.05, 4.69) is 4.90 Å². The number of rotatable bonds is 4. The maximum atomic E-state index is 11.7. The molecule has 2 aliphatic rings. The molecular formula is C14H28N2O3S. The molecule has 0 aliphatic carbocycles. The summed E-state index contributed by atoms with van der Waals surface area (Å²) in [7, 11) is -3.06. The molecule has 2 rings (SSSR count). The van der Waals surface area contributed by atoms with E-state index in [0.717, 1.165) is 32.4 Å². The predicted molar refractivity (Wildman–Crippen MR) is 80.0 cm³/mol. The number of sulfonamides is 1. The molecule has 3 unspecified atom stereocenters. The Morgan fingerprint density at radius 3 is 2.60 bits per heavy atom. The lowest BCUT2D eigenvalue weighted by Crippen LogP contribution is -2.50. The number of likely N-dealkylation sites (tertiary alicyclic amines) is 1. The molecule has 2 fully saturated rings. The molecule has 2 heterocycles. The quantitative estimate of drug-likeness (QED) is 0.838. The molecule has 2 aliphatic heterocycles. The van der Waals surface area contributed by atoms with Crippen LogP contribution in [0.3, 0.4) is 0 Å². The van der Waals surface area contributed by atoms with E-state index in [0.29, 0.717) is 19.0 Å². The Morgan fingerprint density at radius 2 is 1.95 bits per heavy atom. The number of hydrogen-bond donors (Lipinski definition) is 1. The zero-order valence-electron chi connectivity index (χ0n) is 12.7. The van der Waals surface area contributed by atoms with Gasteiger partial charge in [-0.25, -0.2) is 12.7 Å². The summed E-state index contributed by atoms with van der Waals surface area (Å²) < 4.78 is 25.0. The second kappa shape index (κ2) is 6.73. The van der Waals surface area contributed by atoms with Crippen LogP contribution < -0.4 is 0 Å². The first kappa shape index (κ1) is 16.2. The Labute approximate surface area is 123 Å². The number of nitrogens with zero attached hydrogens (tertiary/aromatic N) is 2. The summed E-state index contributed by atoms with van der Waals surface area (Å²) in [5, 5.41) is 9.91. The van der Waals surface area contributed by atoms with Crippen molar-refractivity contribution < 1.29 is 13.5 Å². The van der Waals surface area contributed by atoms with Crippen LogP contribution in [0.4, 0.5) is 0 Å². The molecule has 118 valence electrons. The standard InChI is InChI=1S/C14H28N2O3S/c1-12(17)14-7-3-4-8-15(14)10-13-6-5-9-16(11-13)20(2,18)19/h12-14,17H,3-11H2,1-2H3. The Hall–Kier alpha value is -0.170. The Balaban J connectivity index is 1.94. The Morgan fingerprint density at radius 1 is 1.20 bits per heavy atom. The summed E-state index contributed by atoms with van der Waals surface area (Å²) in [5.41, 5.74) is 0. The van der Waals surface area contributed by atoms with Gasteiger partial charge < -0.3 is 5.11 Å². The fourth-order valence-corrected chi connectivity index (χ4v) is 4.54. The summed E-state index contributed by atoms with van der Waals surface area (Å²) in [6, 6.07) is 0.248. The number of hydrogen-bond acceptors (Lipinski definition) is 4. The molecule has 2 saturated heterocycles. The fourth-order valence-electron chi connectivity index (χ4n) is 3.60. The first-order valence-electron chi connectivity index (χ1n) is 7.75. The lowest BCUT2D eigenvalue weighted by atomic mass is 9.93. The normalized spacial score (nSPS) is 32.1. The summed E-state index contributed by atoms with van der Waals surface area (Å²) in [5.74, 6) is 0.401. The van der Waals surface area contributed by atoms with Gasteiger partial charge in [0, 0.05) is 25.7 Å². The van der Waals surface area contributed by atoms with E-state index in [1.54, 1.807) is 4.31 Å². The van der Waals surface area contributed by atoms with Crippen LogP contribution in [0.15, 0.2) is 0 Å². The van der Waals surface area contributed by atoms with Crippen molar-refractivity contribution in [3.63, 3.8) is 0 Å². The van der Waals surface area contributed by atoms with Crippen molar-refractivity contribution in [1.82, 2.24) is 9.21 Å². The summed E-state index contributed by atoms with van der Waals surface area (Å²) >= 11 is 0. The molecule has 0 bridgehead atoms. The highest BCUT2D eigenvalue weighted by molar-refractivity contribution is 7.88. The van der Waals surface area contributed by atoms with Crippen LogP contribution in [0.2, 0.25) is 0 Å². The largest absolute Gasteiger partial charge is 0.392 e. The minimum atomic E-state index is -3.06. The van der Waals surface area contributed by atoms with Gasteiger partial charge in [0.1, 0.15) is 0 Å². The van der Waals surface area contributed by atoms with Gasteiger partial charge in [-0.05, 0) is 45.1 Å². The van der Waals surface area contributed by atoms with E-state index in [-0.39, 0.29) is 12.1 Å². The molecule has 20 heavy (non-hydrogen) atoms. The number of aliphatic hydroxyl groups is 1. The first-order valence-corrected chi connectivity index (χ1v) is 9.60. The zero-order chi connectivity index (χ0) is 14.8. The van der Waals surface area contributed by atoms with Crippen molar-refractivity contribution in [3.8, 4) is 0 Å². The van der Waals surface area contributed by atoms with E-state index in [9.17, 15) is 13.5 Å². The van der Waals surface area contributed by atoms with Crippen molar-refractivity contribution in [3.05, 3.63) is 0 Å². The molecule has 0 spiro atoms. The van der Waals surface area contributed by atoms with Crippen LogP contribution in [0.1, 0.15) is 39.0 Å². The molecule has 1 N–H and O–H groups in total. The molecule has 0 saturated carbocycles. The van der Waals surface area contributed by atoms with E-state index >= 15 is 0 Å². The fraction of sp³-hybridized carbons (Fsp3) is 1.00. The molecule has 3 atom stereocenters. The molecule has 0 aromatic heterocycles. The van der Waals surface area contributed by atoms with Crippen LogP contribution in [-0.4, -0.2) is 67.3 Å². The van der Waals surface area contributed by atoms with Gasteiger partial charge in [0.05, 0.1) is 12.4 Å². The average Bonchev–Trinajstić information content (AvgIpc) is 2.38. The summed E-state index contributed by atoms with van der Waals surface area (Å²) in [6.07, 6.45) is 6.47. The third-order valence-electron chi connectivity index (χ3n) is 4.66. The van der Waals surface area contributed by atoms with Gasteiger partial charge in [-0.15, -0.1) is 0 Å². The smallest absolute Gasteiger partial charge is 0.211 e. The van der Waals surface area contributed by atoms with Crippen molar-refractivity contribution in [2.75, 3.05) is 32.4 Å². The van der Waals surface area contributed by atoms with E-state index in [1.807, 2.05) is 6.92 Å². The van der Waals surface area contributed by atoms with E-state index in [4.69, 9.17) is 0 Å². The molecule has 0 aromatic rings. The van der Waals surface area contributed by atoms with Crippen molar-refractivity contribution in [2.24, 2.45) is 5.92 Å². The SMILES string of the molecule is CC(O)C1CCCCN1CC1CCCN(S(C)(=O)=O)C1. The van der Waals surface area contributed by atoms with Crippen LogP contribution in [0.5, 0.6) is 0 Å².